The number of allylic oxidation sites excluding steroid dienone is 3. The van der Waals surface area contributed by atoms with Gasteiger partial charge in [-0.1, -0.05) is 0 Å². The molecule has 0 saturated heterocycles. The third kappa shape index (κ3) is 4.69. The normalized spacial score (nSPS) is 13.4. The predicted octanol–water partition coefficient (Wildman–Crippen LogP) is 2.14. The van der Waals surface area contributed by atoms with E-state index in [1.165, 1.54) is 11.9 Å². The molecule has 0 unspecified atom stereocenters. The molecule has 0 aliphatic heterocycles. The van der Waals surface area contributed by atoms with E-state index in [0.717, 1.165) is 18.4 Å². The molecule has 0 aromatic heterocycles. The molecule has 0 radical (unpaired) electrons. The molecule has 0 aliphatic carbocycles. The molecule has 5 heteroatoms. The van der Waals surface area contributed by atoms with Crippen LogP contribution in [0.2, 0.25) is 0 Å². The molecular weight excluding hydrogens is 195 g/mol. The Labute approximate surface area is 80.7 Å². The molecule has 0 N–H and O–H groups in total. The van der Waals surface area contributed by atoms with E-state index in [1.54, 1.807) is 6.92 Å². The van der Waals surface area contributed by atoms with Crippen LogP contribution in [0.3, 0.4) is 0 Å². The van der Waals surface area contributed by atoms with Gasteiger partial charge in [0, 0.05) is 19.8 Å². The lowest BCUT2D eigenvalue weighted by molar-refractivity contribution is -0.104. The highest BCUT2D eigenvalue weighted by Crippen LogP contribution is 2.26. The highest BCUT2D eigenvalue weighted by atomic mass is 19.4. The van der Waals surface area contributed by atoms with E-state index in [2.05, 4.69) is 0 Å². The highest BCUT2D eigenvalue weighted by molar-refractivity contribution is 5.66. The fourth-order valence-corrected chi connectivity index (χ4v) is 0.682. The maximum Gasteiger partial charge on any atom is 0.417 e. The molecule has 0 aromatic carbocycles. The number of alkyl halides is 3. The SMILES string of the molecule is CCN(C)/C=C(\C=C/C=O)C(F)(F)F. The molecule has 14 heavy (non-hydrogen) atoms. The second-order valence-electron chi connectivity index (χ2n) is 2.65. The minimum atomic E-state index is -4.43. The third-order valence-corrected chi connectivity index (χ3v) is 1.54. The van der Waals surface area contributed by atoms with Crippen LogP contribution in [-0.4, -0.2) is 31.0 Å². The van der Waals surface area contributed by atoms with E-state index in [9.17, 15) is 18.0 Å². The zero-order valence-corrected chi connectivity index (χ0v) is 8.01. The van der Waals surface area contributed by atoms with Crippen molar-refractivity contribution in [2.75, 3.05) is 13.6 Å². The Balaban J connectivity index is 4.81. The molecule has 0 spiro atoms. The number of aldehydes is 1. The van der Waals surface area contributed by atoms with Gasteiger partial charge in [-0.15, -0.1) is 0 Å². The Hall–Kier alpha value is -1.26. The van der Waals surface area contributed by atoms with Crippen LogP contribution in [-0.2, 0) is 4.79 Å². The Kier molecular flexibility index (Phi) is 4.97. The quantitative estimate of drug-likeness (QED) is 0.400. The summed E-state index contributed by atoms with van der Waals surface area (Å²) < 4.78 is 36.8. The van der Waals surface area contributed by atoms with Crippen molar-refractivity contribution in [1.82, 2.24) is 4.90 Å². The Morgan fingerprint density at radius 2 is 2.00 bits per heavy atom. The van der Waals surface area contributed by atoms with Gasteiger partial charge in [-0.2, -0.15) is 13.2 Å². The molecule has 80 valence electrons. The van der Waals surface area contributed by atoms with E-state index < -0.39 is 11.7 Å². The first-order valence-electron chi connectivity index (χ1n) is 4.03. The fraction of sp³-hybridized carbons (Fsp3) is 0.444. The van der Waals surface area contributed by atoms with Crippen molar-refractivity contribution in [2.24, 2.45) is 0 Å². The average molecular weight is 207 g/mol. The van der Waals surface area contributed by atoms with Crippen LogP contribution in [0, 0.1) is 0 Å². The number of carbonyl (C=O) groups is 1. The number of rotatable bonds is 4. The standard InChI is InChI=1S/C9H12F3NO/c1-3-13(2)7-8(5-4-6-14)9(10,11)12/h4-7H,3H2,1-2H3/b5-4-,8-7+. The number of halogens is 3. The number of hydrogen-bond donors (Lipinski definition) is 0. The topological polar surface area (TPSA) is 20.3 Å². The molecule has 0 amide bonds. The minimum absolute atomic E-state index is 0.311. The Morgan fingerprint density at radius 3 is 2.36 bits per heavy atom. The number of hydrogen-bond acceptors (Lipinski definition) is 2. The van der Waals surface area contributed by atoms with E-state index in [1.807, 2.05) is 0 Å². The van der Waals surface area contributed by atoms with Crippen molar-refractivity contribution in [1.29, 1.82) is 0 Å². The maximum absolute atomic E-state index is 12.3. The van der Waals surface area contributed by atoms with Crippen LogP contribution < -0.4 is 0 Å². The van der Waals surface area contributed by atoms with Gasteiger partial charge in [-0.25, -0.2) is 0 Å². The van der Waals surface area contributed by atoms with E-state index in [4.69, 9.17) is 0 Å². The largest absolute Gasteiger partial charge is 0.417 e. The molecule has 0 rings (SSSR count). The van der Waals surface area contributed by atoms with Crippen LogP contribution in [0.4, 0.5) is 13.2 Å². The van der Waals surface area contributed by atoms with Gasteiger partial charge in [0.2, 0.25) is 0 Å². The van der Waals surface area contributed by atoms with Gasteiger partial charge < -0.3 is 4.90 Å². The predicted molar refractivity (Wildman–Crippen MR) is 47.6 cm³/mol. The van der Waals surface area contributed by atoms with Crippen LogP contribution >= 0.6 is 0 Å². The molecular formula is C9H12F3NO. The summed E-state index contributed by atoms with van der Waals surface area (Å²) in [5, 5.41) is 0. The zero-order valence-electron chi connectivity index (χ0n) is 8.01. The first kappa shape index (κ1) is 12.7. The van der Waals surface area contributed by atoms with Crippen molar-refractivity contribution in [3.63, 3.8) is 0 Å². The molecule has 0 aromatic rings. The summed E-state index contributed by atoms with van der Waals surface area (Å²) in [5.74, 6) is 0. The number of nitrogens with zero attached hydrogens (tertiary/aromatic N) is 1. The minimum Gasteiger partial charge on any atom is -0.380 e. The summed E-state index contributed by atoms with van der Waals surface area (Å²) in [5.41, 5.74) is -0.839. The molecule has 0 heterocycles. The third-order valence-electron chi connectivity index (χ3n) is 1.54. The van der Waals surface area contributed by atoms with Gasteiger partial charge in [0.1, 0.15) is 6.29 Å². The molecule has 0 bridgehead atoms. The van der Waals surface area contributed by atoms with Crippen molar-refractivity contribution in [3.8, 4) is 0 Å². The fourth-order valence-electron chi connectivity index (χ4n) is 0.682. The van der Waals surface area contributed by atoms with Crippen LogP contribution in [0.5, 0.6) is 0 Å². The van der Waals surface area contributed by atoms with Gasteiger partial charge in [-0.3, -0.25) is 4.79 Å². The summed E-state index contributed by atoms with van der Waals surface area (Å²) in [7, 11) is 1.53. The van der Waals surface area contributed by atoms with Crippen LogP contribution in [0.1, 0.15) is 6.92 Å². The lowest BCUT2D eigenvalue weighted by Crippen LogP contribution is -2.17. The smallest absolute Gasteiger partial charge is 0.380 e. The van der Waals surface area contributed by atoms with Gasteiger partial charge in [0.15, 0.2) is 0 Å². The van der Waals surface area contributed by atoms with Crippen molar-refractivity contribution < 1.29 is 18.0 Å². The lowest BCUT2D eigenvalue weighted by Gasteiger charge is -2.14. The van der Waals surface area contributed by atoms with Gasteiger partial charge in [-0.05, 0) is 19.1 Å². The molecule has 0 fully saturated rings. The van der Waals surface area contributed by atoms with Gasteiger partial charge in [0.25, 0.3) is 0 Å². The first-order chi connectivity index (χ1) is 6.41. The van der Waals surface area contributed by atoms with Gasteiger partial charge in [0.05, 0.1) is 5.57 Å². The molecule has 0 saturated carbocycles. The molecule has 2 nitrogen and oxygen atoms in total. The van der Waals surface area contributed by atoms with Crippen molar-refractivity contribution >= 4 is 6.29 Å². The van der Waals surface area contributed by atoms with E-state index in [0.29, 0.717) is 12.8 Å². The summed E-state index contributed by atoms with van der Waals surface area (Å²) in [6, 6.07) is 0. The second-order valence-corrected chi connectivity index (χ2v) is 2.65. The maximum atomic E-state index is 12.3. The van der Waals surface area contributed by atoms with Gasteiger partial charge >= 0.3 is 6.18 Å². The Bertz CT molecular complexity index is 243. The summed E-state index contributed by atoms with van der Waals surface area (Å²) in [4.78, 5) is 11.3. The summed E-state index contributed by atoms with van der Waals surface area (Å²) >= 11 is 0. The zero-order chi connectivity index (χ0) is 11.2. The van der Waals surface area contributed by atoms with E-state index in [-0.39, 0.29) is 0 Å². The monoisotopic (exact) mass is 207 g/mol. The van der Waals surface area contributed by atoms with E-state index >= 15 is 0 Å². The van der Waals surface area contributed by atoms with Crippen LogP contribution in [0.25, 0.3) is 0 Å². The van der Waals surface area contributed by atoms with Crippen molar-refractivity contribution in [2.45, 2.75) is 13.1 Å². The highest BCUT2D eigenvalue weighted by Gasteiger charge is 2.31. The first-order valence-corrected chi connectivity index (χ1v) is 4.03. The molecule has 0 atom stereocenters. The summed E-state index contributed by atoms with van der Waals surface area (Å²) in [6.45, 7) is 2.20. The van der Waals surface area contributed by atoms with Crippen LogP contribution in [0.15, 0.2) is 23.9 Å². The Morgan fingerprint density at radius 1 is 1.43 bits per heavy atom. The average Bonchev–Trinajstić information content (AvgIpc) is 2.09. The second kappa shape index (κ2) is 5.47. The molecule has 0 aliphatic rings. The van der Waals surface area contributed by atoms with Crippen molar-refractivity contribution in [3.05, 3.63) is 23.9 Å². The summed E-state index contributed by atoms with van der Waals surface area (Å²) in [6.07, 6.45) is -1.59. The number of carbonyl (C=O) groups excluding carboxylic acids is 1. The lowest BCUT2D eigenvalue weighted by atomic mass is 10.2.